The molecule has 0 saturated heterocycles. The van der Waals surface area contributed by atoms with Gasteiger partial charge in [-0.3, -0.25) is 9.59 Å². The molecule has 2 heterocycles. The number of hydrogen-bond donors (Lipinski definition) is 2. The van der Waals surface area contributed by atoms with Crippen LogP contribution in [0.5, 0.6) is 5.75 Å². The molecule has 0 fully saturated rings. The molecule has 9 heteroatoms. The lowest BCUT2D eigenvalue weighted by Crippen LogP contribution is -2.49. The maximum absolute atomic E-state index is 14.1. The van der Waals surface area contributed by atoms with Gasteiger partial charge in [-0.15, -0.1) is 10.2 Å². The number of amides is 2. The number of nitrogens with zero attached hydrogens (tertiary/aromatic N) is 3. The number of para-hydroxylation sites is 1. The van der Waals surface area contributed by atoms with Crippen LogP contribution in [-0.2, 0) is 11.2 Å². The summed E-state index contributed by atoms with van der Waals surface area (Å²) in [6.07, 6.45) is 0.490. The number of halogens is 1. The fourth-order valence-electron chi connectivity index (χ4n) is 3.12. The summed E-state index contributed by atoms with van der Waals surface area (Å²) in [6, 6.07) is 12.9. The second-order valence-corrected chi connectivity index (χ2v) is 6.60. The zero-order valence-corrected chi connectivity index (χ0v) is 15.6. The monoisotopic (exact) mass is 395 g/mol. The predicted octanol–water partition coefficient (Wildman–Crippen LogP) is 1.69. The van der Waals surface area contributed by atoms with Gasteiger partial charge in [0.25, 0.3) is 11.8 Å². The number of rotatable bonds is 4. The van der Waals surface area contributed by atoms with E-state index in [9.17, 15) is 14.0 Å². The van der Waals surface area contributed by atoms with Crippen LogP contribution in [0.4, 0.5) is 10.1 Å². The Labute approximate surface area is 165 Å². The van der Waals surface area contributed by atoms with Gasteiger partial charge >= 0.3 is 0 Å². The average molecular weight is 395 g/mol. The normalized spacial score (nSPS) is 16.0. The van der Waals surface area contributed by atoms with Gasteiger partial charge in [-0.1, -0.05) is 36.4 Å². The first-order chi connectivity index (χ1) is 14.0. The minimum Gasteiger partial charge on any atom is -0.489 e. The zero-order valence-electron chi connectivity index (χ0n) is 15.6. The highest BCUT2D eigenvalue weighted by Gasteiger charge is 2.33. The lowest BCUT2D eigenvalue weighted by Gasteiger charge is -2.20. The number of H-pyrrole nitrogens is 1. The Morgan fingerprint density at radius 2 is 2.03 bits per heavy atom. The van der Waals surface area contributed by atoms with Crippen LogP contribution in [-0.4, -0.2) is 46.7 Å². The van der Waals surface area contributed by atoms with Gasteiger partial charge in [0.05, 0.1) is 0 Å². The molecule has 1 aliphatic heterocycles. The summed E-state index contributed by atoms with van der Waals surface area (Å²) in [4.78, 5) is 29.2. The fourth-order valence-corrected chi connectivity index (χ4v) is 3.12. The minimum absolute atomic E-state index is 0.0145. The van der Waals surface area contributed by atoms with Crippen molar-refractivity contribution in [1.29, 1.82) is 0 Å². The first-order valence-corrected chi connectivity index (χ1v) is 8.98. The Morgan fingerprint density at radius 1 is 1.24 bits per heavy atom. The van der Waals surface area contributed by atoms with Gasteiger partial charge in [-0.25, -0.2) is 4.39 Å². The van der Waals surface area contributed by atoms with Crippen molar-refractivity contribution < 1.29 is 18.7 Å². The van der Waals surface area contributed by atoms with E-state index < -0.39 is 23.7 Å². The zero-order chi connectivity index (χ0) is 20.4. The van der Waals surface area contributed by atoms with E-state index in [1.165, 1.54) is 19.2 Å². The van der Waals surface area contributed by atoms with Crippen LogP contribution in [0.3, 0.4) is 0 Å². The molecule has 2 aromatic carbocycles. The topological polar surface area (TPSA) is 100 Å². The van der Waals surface area contributed by atoms with Crippen LogP contribution in [0.2, 0.25) is 0 Å². The van der Waals surface area contributed by atoms with Crippen molar-refractivity contribution in [3.8, 4) is 5.75 Å². The molecule has 0 radical (unpaired) electrons. The summed E-state index contributed by atoms with van der Waals surface area (Å²) in [5.74, 6) is -0.922. The summed E-state index contributed by atoms with van der Waals surface area (Å²) < 4.78 is 19.7. The van der Waals surface area contributed by atoms with E-state index in [2.05, 4.69) is 20.5 Å². The van der Waals surface area contributed by atoms with Crippen molar-refractivity contribution in [2.75, 3.05) is 18.6 Å². The summed E-state index contributed by atoms with van der Waals surface area (Å²) in [5, 5.41) is 10.4. The molecule has 1 aromatic heterocycles. The summed E-state index contributed by atoms with van der Waals surface area (Å²) in [6.45, 7) is -0.129. The van der Waals surface area contributed by atoms with Crippen molar-refractivity contribution in [2.45, 2.75) is 12.5 Å². The van der Waals surface area contributed by atoms with Crippen molar-refractivity contribution in [1.82, 2.24) is 20.5 Å². The third-order valence-electron chi connectivity index (χ3n) is 4.59. The molecule has 3 aromatic rings. The number of anilines is 1. The first kappa shape index (κ1) is 18.6. The molecular weight excluding hydrogens is 377 g/mol. The van der Waals surface area contributed by atoms with Crippen LogP contribution >= 0.6 is 0 Å². The van der Waals surface area contributed by atoms with Crippen LogP contribution in [0.1, 0.15) is 22.0 Å². The molecule has 0 bridgehead atoms. The van der Waals surface area contributed by atoms with E-state index in [-0.39, 0.29) is 23.9 Å². The third kappa shape index (κ3) is 3.79. The van der Waals surface area contributed by atoms with Gasteiger partial charge in [0.2, 0.25) is 5.82 Å². The smallest absolute Gasteiger partial charge is 0.289 e. The maximum Gasteiger partial charge on any atom is 0.289 e. The molecule has 29 heavy (non-hydrogen) atoms. The third-order valence-corrected chi connectivity index (χ3v) is 4.59. The molecule has 148 valence electrons. The Kier molecular flexibility index (Phi) is 4.94. The summed E-state index contributed by atoms with van der Waals surface area (Å²) in [7, 11) is 1.44. The molecule has 4 rings (SSSR count). The number of nitrogens with one attached hydrogen (secondary N) is 2. The number of carbonyl (C=O) groups excluding carboxylic acids is 2. The molecular formula is C20H18FN5O3. The number of benzene rings is 2. The van der Waals surface area contributed by atoms with Crippen LogP contribution in [0.25, 0.3) is 0 Å². The molecule has 0 spiro atoms. The Balaban J connectivity index is 1.46. The summed E-state index contributed by atoms with van der Waals surface area (Å²) >= 11 is 0. The summed E-state index contributed by atoms with van der Waals surface area (Å²) in [5.41, 5.74) is 1.06. The largest absolute Gasteiger partial charge is 0.489 e. The molecule has 0 unspecified atom stereocenters. The quantitative estimate of drug-likeness (QED) is 0.700. The minimum atomic E-state index is -0.998. The number of hydrogen-bond acceptors (Lipinski definition) is 5. The van der Waals surface area contributed by atoms with Gasteiger partial charge in [-0.05, 0) is 17.7 Å². The number of aromatic amines is 1. The van der Waals surface area contributed by atoms with Gasteiger partial charge in [0.15, 0.2) is 5.82 Å². The van der Waals surface area contributed by atoms with Gasteiger partial charge in [0.1, 0.15) is 29.9 Å². The average Bonchev–Trinajstić information content (AvgIpc) is 3.15. The van der Waals surface area contributed by atoms with Crippen molar-refractivity contribution >= 4 is 17.5 Å². The van der Waals surface area contributed by atoms with Crippen molar-refractivity contribution in [3.05, 3.63) is 71.6 Å². The van der Waals surface area contributed by atoms with E-state index in [0.29, 0.717) is 12.2 Å². The number of fused-ring (bicyclic) bond motifs is 1. The highest BCUT2D eigenvalue weighted by Crippen LogP contribution is 2.32. The molecule has 2 N–H and O–H groups in total. The first-order valence-electron chi connectivity index (χ1n) is 8.98. The van der Waals surface area contributed by atoms with Gasteiger partial charge in [-0.2, -0.15) is 0 Å². The highest BCUT2D eigenvalue weighted by molar-refractivity contribution is 6.02. The standard InChI is InChI=1S/C20H18FN5O3/c1-26-17-13(21)8-5-9-15(17)29-11-14(20(26)28)22-19(27)18-23-16(24-25-18)10-12-6-3-2-4-7-12/h2-9,14H,10-11H2,1H3,(H,22,27)(H,23,24,25)/t14-/m0/s1. The van der Waals surface area contributed by atoms with Gasteiger partial charge in [0, 0.05) is 13.5 Å². The van der Waals surface area contributed by atoms with Crippen LogP contribution in [0, 0.1) is 5.82 Å². The molecule has 8 nitrogen and oxygen atoms in total. The van der Waals surface area contributed by atoms with E-state index in [4.69, 9.17) is 4.74 Å². The van der Waals surface area contributed by atoms with Crippen molar-refractivity contribution in [2.24, 2.45) is 0 Å². The number of aromatic nitrogens is 3. The number of likely N-dealkylation sites (N-methyl/N-ethyl adjacent to an activating group) is 1. The number of carbonyl (C=O) groups is 2. The molecule has 0 aliphatic carbocycles. The van der Waals surface area contributed by atoms with Crippen LogP contribution in [0.15, 0.2) is 48.5 Å². The van der Waals surface area contributed by atoms with E-state index in [1.54, 1.807) is 6.07 Å². The maximum atomic E-state index is 14.1. The molecule has 0 saturated carbocycles. The van der Waals surface area contributed by atoms with E-state index in [1.807, 2.05) is 30.3 Å². The Bertz CT molecular complexity index is 1050. The van der Waals surface area contributed by atoms with Crippen LogP contribution < -0.4 is 15.0 Å². The SMILES string of the molecule is CN1C(=O)[C@@H](NC(=O)c2nnc(Cc3ccccc3)[nH]2)COc2cccc(F)c21. The second kappa shape index (κ2) is 7.70. The Hall–Kier alpha value is -3.75. The lowest BCUT2D eigenvalue weighted by molar-refractivity contribution is -0.120. The predicted molar refractivity (Wildman–Crippen MR) is 102 cm³/mol. The van der Waals surface area contributed by atoms with E-state index >= 15 is 0 Å². The fraction of sp³-hybridized carbons (Fsp3) is 0.200. The van der Waals surface area contributed by atoms with E-state index in [0.717, 1.165) is 10.5 Å². The Morgan fingerprint density at radius 3 is 2.83 bits per heavy atom. The highest BCUT2D eigenvalue weighted by atomic mass is 19.1. The molecule has 1 atom stereocenters. The number of ether oxygens (including phenoxy) is 1. The van der Waals surface area contributed by atoms with Crippen molar-refractivity contribution in [3.63, 3.8) is 0 Å². The molecule has 1 aliphatic rings. The second-order valence-electron chi connectivity index (χ2n) is 6.60. The van der Waals surface area contributed by atoms with Gasteiger partial charge < -0.3 is 19.9 Å². The molecule has 2 amide bonds. The lowest BCUT2D eigenvalue weighted by atomic mass is 10.1.